The van der Waals surface area contributed by atoms with E-state index in [9.17, 15) is 0 Å². The fourth-order valence-corrected chi connectivity index (χ4v) is 6.22. The first-order valence-corrected chi connectivity index (χ1v) is 13.0. The standard InChI is InChI=1S/C32H22N4S/c1-21(22-11-3-2-4-12-22)34-32(35-29-17-9-10-20-33-29)36-27-15-7-5-13-23(27)25-18-19-26-24-14-6-8-16-28(24)37-31(26)30(25)36/h2-20H,1H3/b34-21+,35-32+. The van der Waals surface area contributed by atoms with E-state index in [0.29, 0.717) is 11.8 Å². The summed E-state index contributed by atoms with van der Waals surface area (Å²) in [7, 11) is 0. The quantitative estimate of drug-likeness (QED) is 0.175. The van der Waals surface area contributed by atoms with Crippen LogP contribution in [0.4, 0.5) is 5.82 Å². The number of nitrogens with zero attached hydrogens (tertiary/aromatic N) is 4. The Kier molecular flexibility index (Phi) is 5.15. The molecule has 0 aliphatic carbocycles. The van der Waals surface area contributed by atoms with E-state index in [2.05, 4.69) is 82.3 Å². The first-order valence-electron chi connectivity index (χ1n) is 12.2. The second-order valence-electron chi connectivity index (χ2n) is 8.95. The Morgan fingerprint density at radius 2 is 1.43 bits per heavy atom. The molecule has 4 aromatic carbocycles. The molecule has 0 atom stereocenters. The number of rotatable bonds is 2. The molecule has 0 N–H and O–H groups in total. The lowest BCUT2D eigenvalue weighted by atomic mass is 10.1. The van der Waals surface area contributed by atoms with Gasteiger partial charge in [-0.05, 0) is 36.8 Å². The maximum Gasteiger partial charge on any atom is 0.236 e. The molecule has 0 aliphatic heterocycles. The van der Waals surface area contributed by atoms with Crippen LogP contribution in [-0.4, -0.2) is 21.2 Å². The minimum Gasteiger partial charge on any atom is -0.276 e. The van der Waals surface area contributed by atoms with Crippen LogP contribution in [0.5, 0.6) is 0 Å². The molecule has 4 nitrogen and oxygen atoms in total. The summed E-state index contributed by atoms with van der Waals surface area (Å²) in [4.78, 5) is 14.7. The zero-order valence-electron chi connectivity index (χ0n) is 20.2. The van der Waals surface area contributed by atoms with Crippen LogP contribution >= 0.6 is 11.3 Å². The number of hydrogen-bond donors (Lipinski definition) is 0. The summed E-state index contributed by atoms with van der Waals surface area (Å²) in [6.07, 6.45) is 1.76. The largest absolute Gasteiger partial charge is 0.276 e. The van der Waals surface area contributed by atoms with Crippen molar-refractivity contribution >= 4 is 70.8 Å². The van der Waals surface area contributed by atoms with Gasteiger partial charge in [0.05, 0.1) is 15.7 Å². The van der Waals surface area contributed by atoms with Crippen LogP contribution in [0.3, 0.4) is 0 Å². The maximum absolute atomic E-state index is 5.14. The molecule has 0 saturated carbocycles. The van der Waals surface area contributed by atoms with Crippen molar-refractivity contribution in [1.29, 1.82) is 0 Å². The van der Waals surface area contributed by atoms with E-state index in [1.165, 1.54) is 30.9 Å². The molecule has 3 heterocycles. The Hall–Kier alpha value is -4.61. The Bertz CT molecular complexity index is 1980. The summed E-state index contributed by atoms with van der Waals surface area (Å²) in [5, 5.41) is 4.89. The number of pyridine rings is 1. The summed E-state index contributed by atoms with van der Waals surface area (Å²) in [5.41, 5.74) is 4.15. The Morgan fingerprint density at radius 3 is 2.27 bits per heavy atom. The van der Waals surface area contributed by atoms with Gasteiger partial charge in [0.1, 0.15) is 0 Å². The van der Waals surface area contributed by atoms with Gasteiger partial charge in [-0.2, -0.15) is 4.99 Å². The normalized spacial score (nSPS) is 12.8. The van der Waals surface area contributed by atoms with Crippen LogP contribution in [0.2, 0.25) is 0 Å². The molecule has 0 fully saturated rings. The molecule has 3 aromatic heterocycles. The van der Waals surface area contributed by atoms with Crippen molar-refractivity contribution in [2.75, 3.05) is 0 Å². The van der Waals surface area contributed by atoms with Crippen LogP contribution < -0.4 is 0 Å². The van der Waals surface area contributed by atoms with Gasteiger partial charge in [-0.25, -0.2) is 9.98 Å². The van der Waals surface area contributed by atoms with Crippen molar-refractivity contribution in [1.82, 2.24) is 9.55 Å². The van der Waals surface area contributed by atoms with Crippen molar-refractivity contribution in [3.63, 3.8) is 0 Å². The van der Waals surface area contributed by atoms with Gasteiger partial charge in [-0.1, -0.05) is 84.9 Å². The van der Waals surface area contributed by atoms with Crippen molar-refractivity contribution in [3.8, 4) is 0 Å². The maximum atomic E-state index is 5.14. The molecule has 37 heavy (non-hydrogen) atoms. The molecule has 5 heteroatoms. The summed E-state index contributed by atoms with van der Waals surface area (Å²) >= 11 is 1.82. The van der Waals surface area contributed by atoms with Crippen LogP contribution in [0.15, 0.2) is 125 Å². The monoisotopic (exact) mass is 494 g/mol. The van der Waals surface area contributed by atoms with Crippen molar-refractivity contribution < 1.29 is 0 Å². The highest BCUT2D eigenvalue weighted by Crippen LogP contribution is 2.41. The first kappa shape index (κ1) is 21.7. The van der Waals surface area contributed by atoms with Gasteiger partial charge in [-0.3, -0.25) is 4.57 Å². The van der Waals surface area contributed by atoms with Gasteiger partial charge in [0, 0.05) is 38.2 Å². The number of hydrogen-bond acceptors (Lipinski definition) is 3. The van der Waals surface area contributed by atoms with Gasteiger partial charge in [0.2, 0.25) is 5.96 Å². The average Bonchev–Trinajstić information content (AvgIpc) is 3.50. The third-order valence-corrected chi connectivity index (χ3v) is 7.90. The molecule has 0 amide bonds. The topological polar surface area (TPSA) is 42.5 Å². The molecule has 0 aliphatic rings. The lowest BCUT2D eigenvalue weighted by Gasteiger charge is -2.10. The van der Waals surface area contributed by atoms with E-state index in [0.717, 1.165) is 22.3 Å². The first-order chi connectivity index (χ1) is 18.3. The number of thiophene rings is 1. The fraction of sp³-hybridized carbons (Fsp3) is 0.0312. The molecule has 7 rings (SSSR count). The minimum absolute atomic E-state index is 0.594. The summed E-state index contributed by atoms with van der Waals surface area (Å²) in [5.74, 6) is 1.22. The van der Waals surface area contributed by atoms with Gasteiger partial charge in [0.25, 0.3) is 0 Å². The highest BCUT2D eigenvalue weighted by molar-refractivity contribution is 7.26. The molecule has 0 bridgehead atoms. The fourth-order valence-electron chi connectivity index (χ4n) is 4.98. The van der Waals surface area contributed by atoms with E-state index < -0.39 is 0 Å². The number of fused-ring (bicyclic) bond motifs is 7. The summed E-state index contributed by atoms with van der Waals surface area (Å²) in [6, 6.07) is 37.6. The van der Waals surface area contributed by atoms with E-state index in [4.69, 9.17) is 9.98 Å². The minimum atomic E-state index is 0.594. The van der Waals surface area contributed by atoms with E-state index in [1.807, 2.05) is 54.7 Å². The summed E-state index contributed by atoms with van der Waals surface area (Å²) < 4.78 is 4.72. The van der Waals surface area contributed by atoms with E-state index in [-0.39, 0.29) is 0 Å². The smallest absolute Gasteiger partial charge is 0.236 e. The SMILES string of the molecule is C/C(=N\C(=N/c1ccccn1)n1c2ccccc2c2ccc3c4ccccc4sc3c21)c1ccccc1. The lowest BCUT2D eigenvalue weighted by molar-refractivity contribution is 1.18. The number of benzene rings is 4. The predicted octanol–water partition coefficient (Wildman–Crippen LogP) is 8.60. The Labute approximate surface area is 217 Å². The van der Waals surface area contributed by atoms with Crippen LogP contribution in [-0.2, 0) is 0 Å². The average molecular weight is 495 g/mol. The Morgan fingerprint density at radius 1 is 0.703 bits per heavy atom. The Balaban J connectivity index is 1.62. The van der Waals surface area contributed by atoms with Crippen LogP contribution in [0, 0.1) is 0 Å². The second-order valence-corrected chi connectivity index (χ2v) is 10.0. The third kappa shape index (κ3) is 3.63. The highest BCUT2D eigenvalue weighted by Gasteiger charge is 2.19. The number of aromatic nitrogens is 2. The molecular formula is C32H22N4S. The van der Waals surface area contributed by atoms with Gasteiger partial charge in [-0.15, -0.1) is 11.3 Å². The third-order valence-electron chi connectivity index (χ3n) is 6.70. The van der Waals surface area contributed by atoms with Crippen LogP contribution in [0.1, 0.15) is 12.5 Å². The lowest BCUT2D eigenvalue weighted by Crippen LogP contribution is -2.12. The van der Waals surface area contributed by atoms with Crippen molar-refractivity contribution in [2.24, 2.45) is 9.98 Å². The zero-order chi connectivity index (χ0) is 24.8. The molecule has 0 radical (unpaired) electrons. The molecule has 0 spiro atoms. The number of aliphatic imine (C=N–C) groups is 2. The second kappa shape index (κ2) is 8.80. The zero-order valence-corrected chi connectivity index (χ0v) is 21.0. The molecule has 0 saturated heterocycles. The molecule has 176 valence electrons. The highest BCUT2D eigenvalue weighted by atomic mass is 32.1. The van der Waals surface area contributed by atoms with Gasteiger partial charge in [0.15, 0.2) is 5.82 Å². The number of para-hydroxylation sites is 1. The van der Waals surface area contributed by atoms with Crippen molar-refractivity contribution in [3.05, 3.63) is 121 Å². The van der Waals surface area contributed by atoms with Crippen LogP contribution in [0.25, 0.3) is 42.0 Å². The van der Waals surface area contributed by atoms with E-state index >= 15 is 0 Å². The summed E-state index contributed by atoms with van der Waals surface area (Å²) in [6.45, 7) is 2.03. The van der Waals surface area contributed by atoms with Crippen molar-refractivity contribution in [2.45, 2.75) is 6.92 Å². The molecular weight excluding hydrogens is 472 g/mol. The molecule has 0 unspecified atom stereocenters. The van der Waals surface area contributed by atoms with E-state index in [1.54, 1.807) is 6.20 Å². The van der Waals surface area contributed by atoms with Gasteiger partial charge >= 0.3 is 0 Å². The van der Waals surface area contributed by atoms with Gasteiger partial charge < -0.3 is 0 Å². The predicted molar refractivity (Wildman–Crippen MR) is 158 cm³/mol. The molecule has 7 aromatic rings.